The Hall–Kier alpha value is -0.950. The van der Waals surface area contributed by atoms with Crippen LogP contribution in [0.15, 0.2) is 12.7 Å². The number of allylic oxidation sites excluding steroid dienone is 1. The molecule has 6 heteroatoms. The lowest BCUT2D eigenvalue weighted by Crippen LogP contribution is -2.51. The molecule has 0 aliphatic carbocycles. The van der Waals surface area contributed by atoms with E-state index in [2.05, 4.69) is 21.7 Å². The highest BCUT2D eigenvalue weighted by Crippen LogP contribution is 2.05. The molecule has 1 aliphatic heterocycles. The number of hydrogen-bond acceptors (Lipinski definition) is 5. The zero-order valence-electron chi connectivity index (χ0n) is 13.1. The molecule has 0 spiro atoms. The van der Waals surface area contributed by atoms with Crippen LogP contribution in [-0.2, 0) is 9.53 Å². The molecule has 0 aromatic heterocycles. The summed E-state index contributed by atoms with van der Waals surface area (Å²) in [4.78, 5) is 16.1. The smallest absolute Gasteiger partial charge is 0.234 e. The zero-order chi connectivity index (χ0) is 15.5. The second-order valence-electron chi connectivity index (χ2n) is 5.44. The van der Waals surface area contributed by atoms with Crippen LogP contribution in [0.3, 0.4) is 0 Å². The maximum absolute atomic E-state index is 11.7. The largest absolute Gasteiger partial charge is 0.392 e. The number of nitrogens with zero attached hydrogens (tertiary/aromatic N) is 2. The van der Waals surface area contributed by atoms with Crippen LogP contribution in [0.1, 0.15) is 12.8 Å². The summed E-state index contributed by atoms with van der Waals surface area (Å²) < 4.78 is 4.90. The van der Waals surface area contributed by atoms with Crippen LogP contribution in [-0.4, -0.2) is 86.4 Å². The molecule has 1 atom stereocenters. The normalized spacial score (nSPS) is 18.4. The van der Waals surface area contributed by atoms with Gasteiger partial charge in [-0.25, -0.2) is 0 Å². The molecule has 122 valence electrons. The van der Waals surface area contributed by atoms with Gasteiger partial charge < -0.3 is 15.2 Å². The molecule has 0 radical (unpaired) electrons. The monoisotopic (exact) mass is 299 g/mol. The summed E-state index contributed by atoms with van der Waals surface area (Å²) in [6.45, 7) is 9.45. The molecule has 1 fully saturated rings. The van der Waals surface area contributed by atoms with E-state index in [9.17, 15) is 9.90 Å². The van der Waals surface area contributed by atoms with Crippen molar-refractivity contribution < 1.29 is 14.6 Å². The second-order valence-corrected chi connectivity index (χ2v) is 5.44. The molecule has 1 heterocycles. The lowest BCUT2D eigenvalue weighted by molar-refractivity contribution is -0.122. The van der Waals surface area contributed by atoms with Crippen molar-refractivity contribution in [1.82, 2.24) is 15.1 Å². The van der Waals surface area contributed by atoms with Gasteiger partial charge in [0.15, 0.2) is 0 Å². The maximum Gasteiger partial charge on any atom is 0.234 e. The number of piperazine rings is 1. The van der Waals surface area contributed by atoms with Crippen LogP contribution in [0.25, 0.3) is 0 Å². The first-order valence-electron chi connectivity index (χ1n) is 7.65. The molecule has 2 N–H and O–H groups in total. The molecule has 1 saturated heterocycles. The van der Waals surface area contributed by atoms with Gasteiger partial charge >= 0.3 is 0 Å². The third kappa shape index (κ3) is 8.16. The number of nitrogens with one attached hydrogen (secondary N) is 1. The average molecular weight is 299 g/mol. The summed E-state index contributed by atoms with van der Waals surface area (Å²) in [6, 6.07) is 0. The van der Waals surface area contributed by atoms with Crippen molar-refractivity contribution in [3.63, 3.8) is 0 Å². The van der Waals surface area contributed by atoms with Crippen LogP contribution < -0.4 is 5.32 Å². The van der Waals surface area contributed by atoms with E-state index >= 15 is 0 Å². The molecule has 1 rings (SSSR count). The Balaban J connectivity index is 2.14. The fourth-order valence-corrected chi connectivity index (χ4v) is 2.38. The van der Waals surface area contributed by atoms with E-state index in [1.807, 2.05) is 6.08 Å². The Labute approximate surface area is 127 Å². The number of β-amino-alcohol motifs (C(OH)–C–C–N with tert-alkyl or cyclic N) is 1. The number of ether oxygens (including phenoxy) is 1. The standard InChI is InChI=1S/C15H29N3O3/c1-3-4-5-14(19)12-17-7-9-18(10-8-17)13-15(20)16-6-11-21-2/h3,14,19H,1,4-13H2,2H3,(H,16,20)/t14-/m0/s1. The van der Waals surface area contributed by atoms with Crippen molar-refractivity contribution in [3.8, 4) is 0 Å². The van der Waals surface area contributed by atoms with E-state index < -0.39 is 0 Å². The molecule has 0 bridgehead atoms. The van der Waals surface area contributed by atoms with Crippen LogP contribution in [0.5, 0.6) is 0 Å². The van der Waals surface area contributed by atoms with E-state index in [1.54, 1.807) is 7.11 Å². The van der Waals surface area contributed by atoms with Gasteiger partial charge in [-0.1, -0.05) is 6.08 Å². The fraction of sp³-hybridized carbons (Fsp3) is 0.800. The lowest BCUT2D eigenvalue weighted by Gasteiger charge is -2.35. The number of hydrogen-bond donors (Lipinski definition) is 2. The lowest BCUT2D eigenvalue weighted by atomic mass is 10.1. The minimum absolute atomic E-state index is 0.0477. The highest BCUT2D eigenvalue weighted by atomic mass is 16.5. The summed E-state index contributed by atoms with van der Waals surface area (Å²) in [5, 5.41) is 12.7. The number of carbonyl (C=O) groups is 1. The topological polar surface area (TPSA) is 65.0 Å². The average Bonchev–Trinajstić information content (AvgIpc) is 2.47. The molecule has 0 aromatic rings. The summed E-state index contributed by atoms with van der Waals surface area (Å²) in [5.74, 6) is 0.0477. The first kappa shape index (κ1) is 18.1. The number of aliphatic hydroxyl groups is 1. The van der Waals surface area contributed by atoms with Crippen molar-refractivity contribution in [1.29, 1.82) is 0 Å². The van der Waals surface area contributed by atoms with Crippen LogP contribution >= 0.6 is 0 Å². The predicted molar refractivity (Wildman–Crippen MR) is 83.2 cm³/mol. The Bertz CT molecular complexity index is 305. The van der Waals surface area contributed by atoms with Crippen molar-refractivity contribution in [2.75, 3.05) is 59.5 Å². The predicted octanol–water partition coefficient (Wildman–Crippen LogP) is -0.306. The first-order valence-corrected chi connectivity index (χ1v) is 7.65. The van der Waals surface area contributed by atoms with Crippen molar-refractivity contribution in [3.05, 3.63) is 12.7 Å². The van der Waals surface area contributed by atoms with Crippen LogP contribution in [0, 0.1) is 0 Å². The number of aliphatic hydroxyl groups excluding tert-OH is 1. The second kappa shape index (κ2) is 10.7. The summed E-state index contributed by atoms with van der Waals surface area (Å²) >= 11 is 0. The molecule has 1 amide bonds. The van der Waals surface area contributed by atoms with Gasteiger partial charge in [0.05, 0.1) is 19.3 Å². The number of carbonyl (C=O) groups excluding carboxylic acids is 1. The van der Waals surface area contributed by atoms with Gasteiger partial charge in [-0.3, -0.25) is 14.6 Å². The van der Waals surface area contributed by atoms with E-state index in [1.165, 1.54) is 0 Å². The first-order chi connectivity index (χ1) is 10.2. The van der Waals surface area contributed by atoms with E-state index in [-0.39, 0.29) is 12.0 Å². The minimum Gasteiger partial charge on any atom is -0.392 e. The Morgan fingerprint density at radius 2 is 2.05 bits per heavy atom. The maximum atomic E-state index is 11.7. The Kier molecular flexibility index (Phi) is 9.25. The van der Waals surface area contributed by atoms with Crippen molar-refractivity contribution >= 4 is 5.91 Å². The number of rotatable bonds is 10. The van der Waals surface area contributed by atoms with Gasteiger partial charge in [0, 0.05) is 46.4 Å². The van der Waals surface area contributed by atoms with Crippen LogP contribution in [0.2, 0.25) is 0 Å². The summed E-state index contributed by atoms with van der Waals surface area (Å²) in [5.41, 5.74) is 0. The van der Waals surface area contributed by atoms with E-state index in [0.717, 1.165) is 39.0 Å². The quantitative estimate of drug-likeness (QED) is 0.428. The number of methoxy groups -OCH3 is 1. The number of amides is 1. The van der Waals surface area contributed by atoms with Crippen molar-refractivity contribution in [2.24, 2.45) is 0 Å². The van der Waals surface area contributed by atoms with Crippen LogP contribution in [0.4, 0.5) is 0 Å². The van der Waals surface area contributed by atoms with Gasteiger partial charge in [0.1, 0.15) is 0 Å². The molecule has 6 nitrogen and oxygen atoms in total. The van der Waals surface area contributed by atoms with Gasteiger partial charge in [0.25, 0.3) is 0 Å². The third-order valence-corrected chi connectivity index (χ3v) is 3.63. The summed E-state index contributed by atoms with van der Waals surface area (Å²) in [7, 11) is 1.62. The zero-order valence-corrected chi connectivity index (χ0v) is 13.1. The van der Waals surface area contributed by atoms with Gasteiger partial charge in [-0.2, -0.15) is 0 Å². The molecular weight excluding hydrogens is 270 g/mol. The highest BCUT2D eigenvalue weighted by molar-refractivity contribution is 5.77. The highest BCUT2D eigenvalue weighted by Gasteiger charge is 2.20. The summed E-state index contributed by atoms with van der Waals surface area (Å²) in [6.07, 6.45) is 3.17. The van der Waals surface area contributed by atoms with E-state index in [4.69, 9.17) is 4.74 Å². The van der Waals surface area contributed by atoms with Crippen molar-refractivity contribution in [2.45, 2.75) is 18.9 Å². The Morgan fingerprint density at radius 3 is 2.67 bits per heavy atom. The van der Waals surface area contributed by atoms with Gasteiger partial charge in [-0.15, -0.1) is 6.58 Å². The molecule has 0 saturated carbocycles. The fourth-order valence-electron chi connectivity index (χ4n) is 2.38. The molecular formula is C15H29N3O3. The molecule has 21 heavy (non-hydrogen) atoms. The van der Waals surface area contributed by atoms with Gasteiger partial charge in [0.2, 0.25) is 5.91 Å². The van der Waals surface area contributed by atoms with Gasteiger partial charge in [-0.05, 0) is 12.8 Å². The molecule has 1 aliphatic rings. The third-order valence-electron chi connectivity index (χ3n) is 3.63. The SMILES string of the molecule is C=CCC[C@H](O)CN1CCN(CC(=O)NCCOC)CC1. The molecule has 0 unspecified atom stereocenters. The minimum atomic E-state index is -0.285. The molecule has 0 aromatic carbocycles. The Morgan fingerprint density at radius 1 is 1.38 bits per heavy atom. The van der Waals surface area contributed by atoms with E-state index in [0.29, 0.717) is 26.2 Å².